The van der Waals surface area contributed by atoms with Gasteiger partial charge in [-0.1, -0.05) is 18.6 Å². The fraction of sp³-hybridized carbons (Fsp3) is 0.733. The van der Waals surface area contributed by atoms with Crippen molar-refractivity contribution in [3.05, 3.63) is 44.0 Å². The van der Waals surface area contributed by atoms with Crippen LogP contribution in [-0.2, 0) is 33.6 Å². The Morgan fingerprint density at radius 2 is 1.84 bits per heavy atom. The number of alkyl halides is 1. The Bertz CT molecular complexity index is 1440. The second kappa shape index (κ2) is 14.0. The van der Waals surface area contributed by atoms with E-state index in [9.17, 15) is 59.8 Å². The van der Waals surface area contributed by atoms with Gasteiger partial charge >= 0.3 is 5.97 Å². The highest BCUT2D eigenvalue weighted by molar-refractivity contribution is 6.01. The second-order valence-corrected chi connectivity index (χ2v) is 13.5. The highest BCUT2D eigenvalue weighted by Crippen LogP contribution is 2.69. The van der Waals surface area contributed by atoms with Crippen molar-refractivity contribution in [3.63, 3.8) is 0 Å². The fourth-order valence-corrected chi connectivity index (χ4v) is 8.44. The molecule has 0 radical (unpaired) electrons. The number of carbonyl (C=O) groups is 4. The molecular weight excluding hydrogens is 661 g/mol. The first-order chi connectivity index (χ1) is 22.8. The zero-order valence-corrected chi connectivity index (χ0v) is 26.8. The van der Waals surface area contributed by atoms with Crippen molar-refractivity contribution < 1.29 is 68.6 Å². The first-order valence-corrected chi connectivity index (χ1v) is 15.7. The van der Waals surface area contributed by atoms with Crippen LogP contribution in [0.3, 0.4) is 0 Å². The van der Waals surface area contributed by atoms with Gasteiger partial charge in [-0.05, 0) is 63.5 Å². The lowest BCUT2D eigenvalue weighted by atomic mass is 9.44. The number of fused-ring (bicyclic) bond motifs is 5. The number of carbonyl (C=O) groups excluding carboxylic acids is 4. The number of hydrogen-bond acceptors (Lipinski definition) is 15. The third kappa shape index (κ3) is 6.63. The molecule has 272 valence electrons. The molecule has 0 aromatic rings. The molecule has 2 unspecified atom stereocenters. The van der Waals surface area contributed by atoms with Crippen LogP contribution in [-0.4, -0.2) is 109 Å². The van der Waals surface area contributed by atoms with Crippen LogP contribution in [0.1, 0.15) is 58.8 Å². The van der Waals surface area contributed by atoms with Gasteiger partial charge in [-0.2, -0.15) is 0 Å². The normalized spacial score (nSPS) is 35.8. The molecular formula is C30H40FN3O15. The number of ketones is 2. The molecule has 49 heavy (non-hydrogen) atoms. The third-order valence-corrected chi connectivity index (χ3v) is 11.0. The molecule has 3 saturated carbocycles. The zero-order chi connectivity index (χ0) is 36.5. The number of Topliss-reactive ketones (excluding diaryl/α,β-unsaturated/α-hetero) is 1. The predicted octanol–water partition coefficient (Wildman–Crippen LogP) is -0.396. The van der Waals surface area contributed by atoms with Crippen molar-refractivity contribution in [1.82, 2.24) is 5.32 Å². The van der Waals surface area contributed by atoms with E-state index >= 15 is 4.39 Å². The van der Waals surface area contributed by atoms with E-state index in [0.29, 0.717) is 12.0 Å². The maximum Gasteiger partial charge on any atom is 0.331 e. The smallest absolute Gasteiger partial charge is 0.331 e. The summed E-state index contributed by atoms with van der Waals surface area (Å²) in [5, 5.41) is 64.7. The molecule has 10 atom stereocenters. The number of hydrogen-bond donors (Lipinski definition) is 5. The van der Waals surface area contributed by atoms with Gasteiger partial charge in [-0.25, -0.2) is 9.18 Å². The van der Waals surface area contributed by atoms with Crippen LogP contribution in [0.2, 0.25) is 0 Å². The largest absolute Gasteiger partial charge is 0.456 e. The molecule has 0 aromatic heterocycles. The van der Waals surface area contributed by atoms with E-state index in [-0.39, 0.29) is 37.9 Å². The molecule has 0 aromatic carbocycles. The van der Waals surface area contributed by atoms with E-state index in [4.69, 9.17) is 4.74 Å². The van der Waals surface area contributed by atoms with Crippen molar-refractivity contribution in [3.8, 4) is 0 Å². The zero-order valence-electron chi connectivity index (χ0n) is 26.8. The summed E-state index contributed by atoms with van der Waals surface area (Å²) in [6.45, 7) is 0.201. The fourth-order valence-electron chi connectivity index (χ4n) is 8.44. The van der Waals surface area contributed by atoms with Crippen molar-refractivity contribution in [2.45, 2.75) is 94.4 Å². The minimum absolute atomic E-state index is 0.111. The Morgan fingerprint density at radius 3 is 2.47 bits per heavy atom. The highest BCUT2D eigenvalue weighted by atomic mass is 19.1. The van der Waals surface area contributed by atoms with E-state index in [1.54, 1.807) is 6.92 Å². The quantitative estimate of drug-likeness (QED) is 0.0826. The lowest BCUT2D eigenvalue weighted by molar-refractivity contribution is -0.790. The van der Waals surface area contributed by atoms with Gasteiger partial charge in [0.1, 0.15) is 12.7 Å². The topological polar surface area (TPSA) is 275 Å². The van der Waals surface area contributed by atoms with Crippen LogP contribution in [0.5, 0.6) is 0 Å². The summed E-state index contributed by atoms with van der Waals surface area (Å²) >= 11 is 0. The van der Waals surface area contributed by atoms with Crippen LogP contribution in [0.15, 0.2) is 23.8 Å². The van der Waals surface area contributed by atoms with Gasteiger partial charge in [0.05, 0.1) is 18.8 Å². The summed E-state index contributed by atoms with van der Waals surface area (Å²) in [7, 11) is 0. The Balaban J connectivity index is 1.38. The number of rotatable bonds is 15. The summed E-state index contributed by atoms with van der Waals surface area (Å²) in [5.74, 6) is -5.26. The number of nitrogens with one attached hydrogen (secondary N) is 1. The number of nitrogens with zero attached hydrogens (tertiary/aromatic N) is 2. The molecule has 0 heterocycles. The van der Waals surface area contributed by atoms with Gasteiger partial charge in [0.15, 0.2) is 29.7 Å². The number of halogens is 1. The Kier molecular flexibility index (Phi) is 10.8. The Hall–Kier alpha value is -4.07. The number of ether oxygens (including phenoxy) is 1. The maximum absolute atomic E-state index is 17.3. The molecule has 18 nitrogen and oxygen atoms in total. The van der Waals surface area contributed by atoms with Crippen molar-refractivity contribution in [2.24, 2.45) is 22.7 Å². The standard InChI is InChI=1S/C30H40FN3O15/c1-27-9-8-17(36)10-16(27)6-7-19-20-11-22(37)30(42,28(20,2)12-23(38)29(19,27)31)24(39)15-47-26(41)21(13-35)32-25(40)5-3-4-18(49-34(45)46)14-48-33(43)44/h8-10,18-23,35,37-38,42H,3-7,11-15H2,1-2H3,(H,32,40)/t18?,19-,20-,21?,22+,23-,27-,28-,29-,30-/m0/s1. The molecule has 0 bridgehead atoms. The number of esters is 1. The lowest BCUT2D eigenvalue weighted by Gasteiger charge is -2.62. The van der Waals surface area contributed by atoms with Gasteiger partial charge in [-0.15, -0.1) is 20.2 Å². The number of allylic oxidation sites excluding steroid dienone is 4. The maximum atomic E-state index is 17.3. The lowest BCUT2D eigenvalue weighted by Crippen LogP contribution is -2.69. The van der Waals surface area contributed by atoms with Gasteiger partial charge in [0.2, 0.25) is 11.7 Å². The average Bonchev–Trinajstić information content (AvgIpc) is 3.23. The molecule has 0 saturated heterocycles. The second-order valence-electron chi connectivity index (χ2n) is 13.5. The molecule has 5 N–H and O–H groups in total. The summed E-state index contributed by atoms with van der Waals surface area (Å²) in [5.41, 5.74) is -7.23. The van der Waals surface area contributed by atoms with E-state index in [2.05, 4.69) is 15.0 Å². The third-order valence-electron chi connectivity index (χ3n) is 11.0. The molecule has 3 fully saturated rings. The van der Waals surface area contributed by atoms with Crippen LogP contribution < -0.4 is 5.32 Å². The molecule has 1 amide bonds. The van der Waals surface area contributed by atoms with Crippen LogP contribution in [0.4, 0.5) is 4.39 Å². The van der Waals surface area contributed by atoms with Crippen LogP contribution >= 0.6 is 0 Å². The number of amides is 1. The van der Waals surface area contributed by atoms with E-state index in [1.165, 1.54) is 25.2 Å². The van der Waals surface area contributed by atoms with E-state index in [1.807, 2.05) is 0 Å². The van der Waals surface area contributed by atoms with Gasteiger partial charge in [0.25, 0.3) is 10.2 Å². The number of aliphatic hydroxyl groups excluding tert-OH is 3. The molecule has 4 aliphatic rings. The van der Waals surface area contributed by atoms with E-state index < -0.39 is 112 Å². The highest BCUT2D eigenvalue weighted by Gasteiger charge is 2.76. The molecule has 4 aliphatic carbocycles. The Morgan fingerprint density at radius 1 is 1.14 bits per heavy atom. The van der Waals surface area contributed by atoms with Gasteiger partial charge in [0, 0.05) is 23.2 Å². The molecule has 4 rings (SSSR count). The predicted molar refractivity (Wildman–Crippen MR) is 158 cm³/mol. The molecule has 0 aliphatic heterocycles. The van der Waals surface area contributed by atoms with E-state index in [0.717, 1.165) is 0 Å². The van der Waals surface area contributed by atoms with Crippen molar-refractivity contribution in [2.75, 3.05) is 19.8 Å². The Labute approximate surface area is 278 Å². The summed E-state index contributed by atoms with van der Waals surface area (Å²) in [4.78, 5) is 79.9. The summed E-state index contributed by atoms with van der Waals surface area (Å²) < 4.78 is 22.3. The molecule has 19 heteroatoms. The average molecular weight is 702 g/mol. The summed E-state index contributed by atoms with van der Waals surface area (Å²) in [6.07, 6.45) is -1.60. The monoisotopic (exact) mass is 701 g/mol. The van der Waals surface area contributed by atoms with Crippen LogP contribution in [0.25, 0.3) is 0 Å². The molecule has 0 spiro atoms. The first kappa shape index (κ1) is 37.7. The summed E-state index contributed by atoms with van der Waals surface area (Å²) in [6, 6.07) is -1.68. The van der Waals surface area contributed by atoms with Crippen molar-refractivity contribution in [1.29, 1.82) is 0 Å². The SMILES string of the molecule is C[C@]12C=CC(=O)C=C1CC[C@H]1[C@@H]3C[C@@H](O)[C@](O)(C(=O)COC(=O)C(CO)NC(=O)CCCC(CO[N+](=O)[O-])O[N+](=O)[O-])[C@@]3(C)C[C@H](O)[C@@]12F. The van der Waals surface area contributed by atoms with Gasteiger partial charge in [-0.3, -0.25) is 14.4 Å². The van der Waals surface area contributed by atoms with Gasteiger partial charge < -0.3 is 40.2 Å². The van der Waals surface area contributed by atoms with Crippen molar-refractivity contribution >= 4 is 23.4 Å². The van der Waals surface area contributed by atoms with Crippen LogP contribution in [0, 0.1) is 42.9 Å². The first-order valence-electron chi connectivity index (χ1n) is 15.7. The number of aliphatic hydroxyl groups is 4. The minimum atomic E-state index is -2.57. The minimum Gasteiger partial charge on any atom is -0.456 e.